The van der Waals surface area contributed by atoms with Gasteiger partial charge in [0.15, 0.2) is 0 Å². The Bertz CT molecular complexity index is 377. The van der Waals surface area contributed by atoms with Crippen molar-refractivity contribution in [2.75, 3.05) is 26.8 Å². The van der Waals surface area contributed by atoms with Gasteiger partial charge in [-0.15, -0.1) is 11.3 Å². The maximum absolute atomic E-state index is 6.08. The second-order valence-electron chi connectivity index (χ2n) is 4.72. The fourth-order valence-corrected chi connectivity index (χ4v) is 4.71. The number of hydrogen-bond donors (Lipinski definition) is 1. The average Bonchev–Trinajstić information content (AvgIpc) is 2.77. The smallest absolute Gasteiger partial charge is 0.0843 e. The van der Waals surface area contributed by atoms with E-state index >= 15 is 0 Å². The molecular formula is C14H24Br2N2OS. The van der Waals surface area contributed by atoms with Crippen LogP contribution in [0.5, 0.6) is 0 Å². The van der Waals surface area contributed by atoms with Crippen molar-refractivity contribution in [3.05, 3.63) is 19.2 Å². The number of hydrogen-bond acceptors (Lipinski definition) is 4. The summed E-state index contributed by atoms with van der Waals surface area (Å²) in [7, 11) is 1.75. The van der Waals surface area contributed by atoms with Crippen molar-refractivity contribution in [2.24, 2.45) is 5.73 Å². The van der Waals surface area contributed by atoms with E-state index in [1.165, 1.54) is 4.88 Å². The maximum atomic E-state index is 6.08. The Hall–Kier alpha value is 0.540. The Morgan fingerprint density at radius 3 is 2.40 bits per heavy atom. The third-order valence-electron chi connectivity index (χ3n) is 3.58. The lowest BCUT2D eigenvalue weighted by Crippen LogP contribution is -2.42. The van der Waals surface area contributed by atoms with Crippen LogP contribution in [0.15, 0.2) is 14.3 Å². The van der Waals surface area contributed by atoms with Gasteiger partial charge in [0.2, 0.25) is 0 Å². The minimum absolute atomic E-state index is 0.252. The fraction of sp³-hybridized carbons (Fsp3) is 0.714. The van der Waals surface area contributed by atoms with E-state index in [-0.39, 0.29) is 6.04 Å². The van der Waals surface area contributed by atoms with Crippen molar-refractivity contribution in [2.45, 2.75) is 38.8 Å². The molecule has 20 heavy (non-hydrogen) atoms. The molecule has 0 amide bonds. The molecule has 0 aliphatic heterocycles. The minimum Gasteiger partial charge on any atom is -0.383 e. The summed E-state index contributed by atoms with van der Waals surface area (Å²) in [5.74, 6) is 0. The van der Waals surface area contributed by atoms with E-state index in [1.54, 1.807) is 18.4 Å². The van der Waals surface area contributed by atoms with Crippen LogP contribution in [0.2, 0.25) is 0 Å². The van der Waals surface area contributed by atoms with Crippen molar-refractivity contribution in [1.82, 2.24) is 4.90 Å². The molecule has 0 saturated carbocycles. The minimum atomic E-state index is 0.252. The lowest BCUT2D eigenvalue weighted by Gasteiger charge is -2.36. The summed E-state index contributed by atoms with van der Waals surface area (Å²) < 4.78 is 7.50. The van der Waals surface area contributed by atoms with E-state index in [2.05, 4.69) is 56.7 Å². The van der Waals surface area contributed by atoms with Crippen molar-refractivity contribution in [3.8, 4) is 0 Å². The summed E-state index contributed by atoms with van der Waals surface area (Å²) in [5.41, 5.74) is 6.08. The maximum Gasteiger partial charge on any atom is 0.0843 e. The summed E-state index contributed by atoms with van der Waals surface area (Å²) >= 11 is 8.89. The Morgan fingerprint density at radius 1 is 1.35 bits per heavy atom. The van der Waals surface area contributed by atoms with Crippen LogP contribution in [0.4, 0.5) is 0 Å². The van der Waals surface area contributed by atoms with Gasteiger partial charge in [-0.25, -0.2) is 0 Å². The molecule has 1 rings (SSSR count). The fourth-order valence-electron chi connectivity index (χ4n) is 2.49. The third kappa shape index (κ3) is 4.78. The molecule has 1 aromatic heterocycles. The van der Waals surface area contributed by atoms with Gasteiger partial charge in [0, 0.05) is 35.6 Å². The zero-order valence-corrected chi connectivity index (χ0v) is 16.4. The molecule has 1 heterocycles. The number of methoxy groups -OCH3 is 1. The van der Waals surface area contributed by atoms with Gasteiger partial charge in [0.05, 0.1) is 16.4 Å². The van der Waals surface area contributed by atoms with Gasteiger partial charge >= 0.3 is 0 Å². The van der Waals surface area contributed by atoms with Gasteiger partial charge in [-0.2, -0.15) is 0 Å². The Balaban J connectivity index is 2.99. The van der Waals surface area contributed by atoms with Crippen LogP contribution in [0.3, 0.4) is 0 Å². The number of rotatable bonds is 9. The molecule has 0 aliphatic rings. The molecular weight excluding hydrogens is 404 g/mol. The number of ether oxygens (including phenoxy) is 1. The Kier molecular flexibility index (Phi) is 8.86. The molecule has 0 fully saturated rings. The number of nitrogens with zero attached hydrogens (tertiary/aromatic N) is 1. The zero-order valence-electron chi connectivity index (χ0n) is 12.4. The molecule has 6 heteroatoms. The monoisotopic (exact) mass is 426 g/mol. The molecule has 0 radical (unpaired) electrons. The van der Waals surface area contributed by atoms with Crippen LogP contribution in [0.25, 0.3) is 0 Å². The van der Waals surface area contributed by atoms with Crippen molar-refractivity contribution in [1.29, 1.82) is 0 Å². The Labute approximate surface area is 143 Å². The molecule has 0 saturated heterocycles. The van der Waals surface area contributed by atoms with E-state index in [0.29, 0.717) is 12.6 Å². The first-order valence-electron chi connectivity index (χ1n) is 6.98. The second-order valence-corrected chi connectivity index (χ2v) is 7.98. The highest BCUT2D eigenvalue weighted by Crippen LogP contribution is 2.38. The number of nitrogens with two attached hydrogens (primary N) is 1. The summed E-state index contributed by atoms with van der Waals surface area (Å²) in [5, 5.41) is 0. The first-order chi connectivity index (χ1) is 9.58. The van der Waals surface area contributed by atoms with Gasteiger partial charge in [0.1, 0.15) is 0 Å². The highest BCUT2D eigenvalue weighted by Gasteiger charge is 2.26. The summed E-state index contributed by atoms with van der Waals surface area (Å²) in [4.78, 5) is 3.79. The molecule has 0 aliphatic carbocycles. The first kappa shape index (κ1) is 18.6. The number of halogens is 2. The van der Waals surface area contributed by atoms with Crippen molar-refractivity contribution >= 4 is 43.2 Å². The van der Waals surface area contributed by atoms with Gasteiger partial charge in [-0.3, -0.25) is 4.90 Å². The van der Waals surface area contributed by atoms with E-state index in [9.17, 15) is 0 Å². The SMILES string of the molecule is CCC(CC)N(CCOC)C(CN)c1cc(Br)c(Br)s1. The third-order valence-corrected chi connectivity index (χ3v) is 6.94. The predicted octanol–water partition coefficient (Wildman–Crippen LogP) is 4.41. The van der Waals surface area contributed by atoms with Crippen molar-refractivity contribution in [3.63, 3.8) is 0 Å². The van der Waals surface area contributed by atoms with E-state index in [1.807, 2.05) is 0 Å². The molecule has 1 aromatic rings. The standard InChI is InChI=1S/C14H24Br2N2OS/c1-4-10(5-2)18(6-7-19-3)12(9-17)13-8-11(15)14(16)20-13/h8,10,12H,4-7,9,17H2,1-3H3. The lowest BCUT2D eigenvalue weighted by atomic mass is 10.1. The molecule has 2 N–H and O–H groups in total. The normalized spacial score (nSPS) is 13.4. The second kappa shape index (κ2) is 9.54. The van der Waals surface area contributed by atoms with Gasteiger partial charge in [-0.05, 0) is 50.8 Å². The number of thiophene rings is 1. The van der Waals surface area contributed by atoms with Crippen LogP contribution in [-0.4, -0.2) is 37.7 Å². The summed E-state index contributed by atoms with van der Waals surface area (Å²) in [6.07, 6.45) is 2.26. The van der Waals surface area contributed by atoms with Crippen LogP contribution in [0.1, 0.15) is 37.6 Å². The Morgan fingerprint density at radius 2 is 2.00 bits per heavy atom. The van der Waals surface area contributed by atoms with Crippen LogP contribution < -0.4 is 5.73 Å². The average molecular weight is 428 g/mol. The highest BCUT2D eigenvalue weighted by atomic mass is 79.9. The molecule has 116 valence electrons. The van der Waals surface area contributed by atoms with E-state index < -0.39 is 0 Å². The van der Waals surface area contributed by atoms with Gasteiger partial charge in [-0.1, -0.05) is 13.8 Å². The largest absolute Gasteiger partial charge is 0.383 e. The molecule has 3 nitrogen and oxygen atoms in total. The predicted molar refractivity (Wildman–Crippen MR) is 94.5 cm³/mol. The highest BCUT2D eigenvalue weighted by molar-refractivity contribution is 9.13. The molecule has 0 aromatic carbocycles. The summed E-state index contributed by atoms with van der Waals surface area (Å²) in [6, 6.07) is 2.97. The summed E-state index contributed by atoms with van der Waals surface area (Å²) in [6.45, 7) is 6.75. The topological polar surface area (TPSA) is 38.5 Å². The molecule has 1 unspecified atom stereocenters. The quantitative estimate of drug-likeness (QED) is 0.634. The lowest BCUT2D eigenvalue weighted by molar-refractivity contribution is 0.0830. The van der Waals surface area contributed by atoms with Crippen molar-refractivity contribution < 1.29 is 4.74 Å². The zero-order chi connectivity index (χ0) is 15.1. The molecule has 0 bridgehead atoms. The first-order valence-corrected chi connectivity index (χ1v) is 9.38. The van der Waals surface area contributed by atoms with E-state index in [0.717, 1.165) is 34.3 Å². The van der Waals surface area contributed by atoms with E-state index in [4.69, 9.17) is 10.5 Å². The molecule has 1 atom stereocenters. The van der Waals surface area contributed by atoms with Crippen LogP contribution in [0, 0.1) is 0 Å². The van der Waals surface area contributed by atoms with Crippen LogP contribution >= 0.6 is 43.2 Å². The molecule has 0 spiro atoms. The van der Waals surface area contributed by atoms with Gasteiger partial charge in [0.25, 0.3) is 0 Å². The van der Waals surface area contributed by atoms with Crippen LogP contribution in [-0.2, 0) is 4.74 Å². The van der Waals surface area contributed by atoms with Gasteiger partial charge < -0.3 is 10.5 Å².